The minimum Gasteiger partial charge on any atom is -0.465 e. The van der Waals surface area contributed by atoms with Gasteiger partial charge in [0.1, 0.15) is 6.54 Å². The third-order valence-electron chi connectivity index (χ3n) is 3.26. The highest BCUT2D eigenvalue weighted by Crippen LogP contribution is 2.23. The number of allylic oxidation sites excluding steroid dienone is 1. The van der Waals surface area contributed by atoms with Crippen molar-refractivity contribution in [1.29, 1.82) is 0 Å². The van der Waals surface area contributed by atoms with Gasteiger partial charge in [-0.05, 0) is 19.1 Å². The summed E-state index contributed by atoms with van der Waals surface area (Å²) in [6.07, 6.45) is 7.51. The standard InChI is InChI=1S/C16H17N3O4/c1-2-23-14(20)10-19-8-5-12(13(9-19)16(17)22)15(21)11-3-6-18-7-4-11/h3-9,12H,2,10H2,1H3,(H2,17,22). The van der Waals surface area contributed by atoms with Crippen molar-refractivity contribution in [2.45, 2.75) is 6.92 Å². The number of nitrogens with two attached hydrogens (primary N) is 1. The number of hydrogen-bond acceptors (Lipinski definition) is 6. The predicted octanol–water partition coefficient (Wildman–Crippen LogP) is 0.642. The summed E-state index contributed by atoms with van der Waals surface area (Å²) in [4.78, 5) is 41.0. The number of rotatable bonds is 6. The summed E-state index contributed by atoms with van der Waals surface area (Å²) < 4.78 is 4.85. The molecule has 0 bridgehead atoms. The number of ether oxygens (including phenoxy) is 1. The number of Topliss-reactive ketones (excluding diaryl/α,β-unsaturated/α-hetero) is 1. The van der Waals surface area contributed by atoms with Crippen LogP contribution in [0.2, 0.25) is 0 Å². The molecule has 0 radical (unpaired) electrons. The molecule has 0 fully saturated rings. The first-order valence-electron chi connectivity index (χ1n) is 7.08. The van der Waals surface area contributed by atoms with Crippen molar-refractivity contribution < 1.29 is 19.1 Å². The smallest absolute Gasteiger partial charge is 0.325 e. The molecule has 1 unspecified atom stereocenters. The number of ketones is 1. The summed E-state index contributed by atoms with van der Waals surface area (Å²) in [5.74, 6) is -2.19. The molecule has 1 atom stereocenters. The van der Waals surface area contributed by atoms with Gasteiger partial charge in [0.2, 0.25) is 5.91 Å². The fourth-order valence-electron chi connectivity index (χ4n) is 2.20. The van der Waals surface area contributed by atoms with Crippen LogP contribution in [0.1, 0.15) is 17.3 Å². The zero-order chi connectivity index (χ0) is 16.8. The molecule has 2 rings (SSSR count). The van der Waals surface area contributed by atoms with Crippen LogP contribution in [0.5, 0.6) is 0 Å². The molecule has 7 nitrogen and oxygen atoms in total. The molecule has 1 aliphatic rings. The van der Waals surface area contributed by atoms with Gasteiger partial charge in [-0.15, -0.1) is 0 Å². The van der Waals surface area contributed by atoms with E-state index in [0.717, 1.165) is 0 Å². The van der Waals surface area contributed by atoms with Crippen molar-refractivity contribution >= 4 is 17.7 Å². The van der Waals surface area contributed by atoms with Gasteiger partial charge in [0.25, 0.3) is 0 Å². The molecule has 0 spiro atoms. The number of amides is 1. The third-order valence-corrected chi connectivity index (χ3v) is 3.26. The summed E-state index contributed by atoms with van der Waals surface area (Å²) in [5, 5.41) is 0. The van der Waals surface area contributed by atoms with Crippen LogP contribution in [0, 0.1) is 5.92 Å². The molecule has 23 heavy (non-hydrogen) atoms. The van der Waals surface area contributed by atoms with E-state index in [1.807, 2.05) is 0 Å². The van der Waals surface area contributed by atoms with Gasteiger partial charge in [0.05, 0.1) is 12.5 Å². The summed E-state index contributed by atoms with van der Waals surface area (Å²) in [7, 11) is 0. The molecule has 1 aromatic rings. The number of esters is 1. The van der Waals surface area contributed by atoms with Gasteiger partial charge in [-0.2, -0.15) is 0 Å². The van der Waals surface area contributed by atoms with E-state index in [2.05, 4.69) is 4.98 Å². The van der Waals surface area contributed by atoms with Crippen LogP contribution < -0.4 is 5.73 Å². The fourth-order valence-corrected chi connectivity index (χ4v) is 2.20. The Morgan fingerprint density at radius 1 is 1.30 bits per heavy atom. The fraction of sp³-hybridized carbons (Fsp3) is 0.250. The second-order valence-electron chi connectivity index (χ2n) is 4.85. The number of primary amides is 1. The molecule has 0 aromatic carbocycles. The first-order valence-corrected chi connectivity index (χ1v) is 7.08. The van der Waals surface area contributed by atoms with Gasteiger partial charge in [0, 0.05) is 35.9 Å². The number of nitrogens with zero attached hydrogens (tertiary/aromatic N) is 2. The van der Waals surface area contributed by atoms with Gasteiger partial charge >= 0.3 is 5.97 Å². The van der Waals surface area contributed by atoms with Crippen LogP contribution in [0.25, 0.3) is 0 Å². The maximum Gasteiger partial charge on any atom is 0.325 e. The van der Waals surface area contributed by atoms with Crippen molar-refractivity contribution in [2.75, 3.05) is 13.2 Å². The Kier molecular flexibility index (Phi) is 5.24. The minimum atomic E-state index is -0.784. The van der Waals surface area contributed by atoms with E-state index in [1.54, 1.807) is 31.3 Å². The van der Waals surface area contributed by atoms with Crippen LogP contribution in [-0.4, -0.2) is 40.7 Å². The highest BCUT2D eigenvalue weighted by molar-refractivity contribution is 6.07. The SMILES string of the molecule is CCOC(=O)CN1C=CC(C(=O)c2ccncc2)C(C(N)=O)=C1. The van der Waals surface area contributed by atoms with Crippen LogP contribution in [0.4, 0.5) is 0 Å². The highest BCUT2D eigenvalue weighted by atomic mass is 16.5. The van der Waals surface area contributed by atoms with Crippen LogP contribution >= 0.6 is 0 Å². The van der Waals surface area contributed by atoms with E-state index < -0.39 is 17.8 Å². The van der Waals surface area contributed by atoms with Gasteiger partial charge in [-0.25, -0.2) is 0 Å². The Morgan fingerprint density at radius 3 is 2.61 bits per heavy atom. The van der Waals surface area contributed by atoms with Gasteiger partial charge in [-0.1, -0.05) is 6.08 Å². The van der Waals surface area contributed by atoms with Gasteiger partial charge in [-0.3, -0.25) is 19.4 Å². The number of hydrogen-bond donors (Lipinski definition) is 1. The Labute approximate surface area is 133 Å². The molecular weight excluding hydrogens is 298 g/mol. The van der Waals surface area contributed by atoms with Crippen LogP contribution in [0.15, 0.2) is 48.6 Å². The van der Waals surface area contributed by atoms with E-state index in [9.17, 15) is 14.4 Å². The second-order valence-corrected chi connectivity index (χ2v) is 4.85. The molecule has 0 saturated heterocycles. The lowest BCUT2D eigenvalue weighted by Crippen LogP contribution is -2.32. The highest BCUT2D eigenvalue weighted by Gasteiger charge is 2.28. The lowest BCUT2D eigenvalue weighted by atomic mass is 9.89. The molecule has 2 heterocycles. The summed E-state index contributed by atoms with van der Waals surface area (Å²) in [5.41, 5.74) is 5.93. The van der Waals surface area contributed by atoms with Crippen molar-refractivity contribution in [1.82, 2.24) is 9.88 Å². The summed E-state index contributed by atoms with van der Waals surface area (Å²) >= 11 is 0. The van der Waals surface area contributed by atoms with E-state index >= 15 is 0 Å². The average Bonchev–Trinajstić information content (AvgIpc) is 2.55. The second kappa shape index (κ2) is 7.35. The lowest BCUT2D eigenvalue weighted by Gasteiger charge is -2.24. The van der Waals surface area contributed by atoms with E-state index in [0.29, 0.717) is 5.56 Å². The molecule has 0 aliphatic carbocycles. The molecule has 0 saturated carbocycles. The average molecular weight is 315 g/mol. The Hall–Kier alpha value is -2.96. The zero-order valence-electron chi connectivity index (χ0n) is 12.6. The Bertz CT molecular complexity index is 667. The molecule has 7 heteroatoms. The van der Waals surface area contributed by atoms with Crippen LogP contribution in [-0.2, 0) is 14.3 Å². The zero-order valence-corrected chi connectivity index (χ0v) is 12.6. The number of carbonyl (C=O) groups is 3. The van der Waals surface area contributed by atoms with E-state index in [4.69, 9.17) is 10.5 Å². The molecule has 120 valence electrons. The predicted molar refractivity (Wildman–Crippen MR) is 81.8 cm³/mol. The van der Waals surface area contributed by atoms with E-state index in [-0.39, 0.29) is 24.5 Å². The lowest BCUT2D eigenvalue weighted by molar-refractivity contribution is -0.143. The molecule has 1 amide bonds. The molecule has 1 aromatic heterocycles. The molecule has 2 N–H and O–H groups in total. The first kappa shape index (κ1) is 16.4. The Balaban J connectivity index is 2.20. The van der Waals surface area contributed by atoms with Gasteiger partial charge in [0.15, 0.2) is 5.78 Å². The monoisotopic (exact) mass is 315 g/mol. The first-order chi connectivity index (χ1) is 11.0. The minimum absolute atomic E-state index is 0.0582. The van der Waals surface area contributed by atoms with E-state index in [1.165, 1.54) is 23.5 Å². The van der Waals surface area contributed by atoms with Gasteiger partial charge < -0.3 is 15.4 Å². The molecular formula is C16H17N3O4. The van der Waals surface area contributed by atoms with Crippen molar-refractivity contribution in [3.8, 4) is 0 Å². The van der Waals surface area contributed by atoms with Crippen molar-refractivity contribution in [3.63, 3.8) is 0 Å². The van der Waals surface area contributed by atoms with Crippen LogP contribution in [0.3, 0.4) is 0 Å². The maximum atomic E-state index is 12.5. The molecule has 1 aliphatic heterocycles. The summed E-state index contributed by atoms with van der Waals surface area (Å²) in [6.45, 7) is 1.92. The number of carbonyl (C=O) groups excluding carboxylic acids is 3. The Morgan fingerprint density at radius 2 is 2.00 bits per heavy atom. The quantitative estimate of drug-likeness (QED) is 0.610. The maximum absolute atomic E-state index is 12.5. The normalized spacial score (nSPS) is 16.7. The summed E-state index contributed by atoms with van der Waals surface area (Å²) in [6, 6.07) is 3.14. The van der Waals surface area contributed by atoms with Crippen molar-refractivity contribution in [2.24, 2.45) is 11.7 Å². The number of pyridine rings is 1. The number of aromatic nitrogens is 1. The largest absolute Gasteiger partial charge is 0.465 e. The van der Waals surface area contributed by atoms with Crippen molar-refractivity contribution in [3.05, 3.63) is 54.1 Å². The topological polar surface area (TPSA) is 103 Å². The third kappa shape index (κ3) is 4.03.